The lowest BCUT2D eigenvalue weighted by molar-refractivity contribution is -0.121. The second kappa shape index (κ2) is 5.72. The average Bonchev–Trinajstić information content (AvgIpc) is 2.15. The second-order valence-corrected chi connectivity index (χ2v) is 4.24. The van der Waals surface area contributed by atoms with E-state index in [1.54, 1.807) is 6.92 Å². The largest absolute Gasteiger partial charge is 0.500 e. The number of aliphatic hydroxyl groups excluding tert-OH is 1. The predicted octanol–water partition coefficient (Wildman–Crippen LogP) is 1.82. The van der Waals surface area contributed by atoms with Gasteiger partial charge in [-0.1, -0.05) is 26.7 Å². The zero-order chi connectivity index (χ0) is 12.1. The van der Waals surface area contributed by atoms with Crippen molar-refractivity contribution in [2.75, 3.05) is 0 Å². The normalized spacial score (nSPS) is 14.1. The van der Waals surface area contributed by atoms with Crippen molar-refractivity contribution in [3.8, 4) is 12.3 Å². The number of terminal acetylenes is 1. The molecule has 0 bridgehead atoms. The Kier molecular flexibility index (Phi) is 5.31. The van der Waals surface area contributed by atoms with E-state index in [1.807, 2.05) is 13.8 Å². The van der Waals surface area contributed by atoms with E-state index in [1.165, 1.54) is 0 Å². The molecular formula is C11H17NO2S. The van der Waals surface area contributed by atoms with E-state index in [4.69, 9.17) is 18.6 Å². The molecule has 84 valence electrons. The number of rotatable bonds is 5. The smallest absolute Gasteiger partial charge is 0.221 e. The highest BCUT2D eigenvalue weighted by atomic mass is 32.1. The quantitative estimate of drug-likeness (QED) is 0.556. The average molecular weight is 227 g/mol. The molecule has 0 rings (SSSR count). The molecule has 0 aliphatic heterocycles. The van der Waals surface area contributed by atoms with Crippen LogP contribution in [-0.2, 0) is 4.79 Å². The molecule has 0 saturated heterocycles. The van der Waals surface area contributed by atoms with Gasteiger partial charge in [0, 0.05) is 6.42 Å². The van der Waals surface area contributed by atoms with E-state index in [9.17, 15) is 9.90 Å². The van der Waals surface area contributed by atoms with Crippen molar-refractivity contribution in [3.63, 3.8) is 0 Å². The van der Waals surface area contributed by atoms with Gasteiger partial charge in [0.05, 0.1) is 0 Å². The molecule has 0 aromatic heterocycles. The number of hydrogen-bond acceptors (Lipinski definition) is 2. The minimum atomic E-state index is -1.20. The van der Waals surface area contributed by atoms with Gasteiger partial charge >= 0.3 is 0 Å². The Morgan fingerprint density at radius 3 is 2.47 bits per heavy atom. The fourth-order valence-corrected chi connectivity index (χ4v) is 1.48. The second-order valence-electron chi connectivity index (χ2n) is 3.85. The van der Waals surface area contributed by atoms with Crippen LogP contribution in [-0.4, -0.2) is 21.6 Å². The highest BCUT2D eigenvalue weighted by Crippen LogP contribution is 2.18. The number of aliphatic hydroxyl groups is 1. The Labute approximate surface area is 96.3 Å². The Balaban J connectivity index is 4.92. The first-order valence-electron chi connectivity index (χ1n) is 4.90. The molecule has 0 saturated carbocycles. The molecule has 2 N–H and O–H groups in total. The summed E-state index contributed by atoms with van der Waals surface area (Å²) in [5.74, 6) is 2.40. The van der Waals surface area contributed by atoms with Crippen molar-refractivity contribution in [1.29, 1.82) is 0 Å². The molecule has 1 unspecified atom stereocenters. The topological polar surface area (TPSA) is 49.3 Å². The van der Waals surface area contributed by atoms with E-state index < -0.39 is 5.54 Å². The van der Waals surface area contributed by atoms with E-state index >= 15 is 0 Å². The number of carbonyl (C=O) groups is 1. The van der Waals surface area contributed by atoms with Crippen molar-refractivity contribution < 1.29 is 9.90 Å². The first kappa shape index (κ1) is 13.9. The van der Waals surface area contributed by atoms with Crippen molar-refractivity contribution in [2.24, 2.45) is 5.92 Å². The summed E-state index contributed by atoms with van der Waals surface area (Å²) in [6.07, 6.45) is 6.09. The van der Waals surface area contributed by atoms with Crippen LogP contribution in [0.4, 0.5) is 0 Å². The molecule has 0 fully saturated rings. The van der Waals surface area contributed by atoms with Gasteiger partial charge in [0.15, 0.2) is 10.6 Å². The Hall–Kier alpha value is -1.08. The van der Waals surface area contributed by atoms with Crippen molar-refractivity contribution in [3.05, 3.63) is 0 Å². The SMILES string of the molecule is C#CC(CC(C)C)(NC(=O)CC)C(O)=S. The van der Waals surface area contributed by atoms with Gasteiger partial charge in [-0.3, -0.25) is 4.79 Å². The lowest BCUT2D eigenvalue weighted by Gasteiger charge is -2.28. The van der Waals surface area contributed by atoms with E-state index in [0.717, 1.165) is 0 Å². The van der Waals surface area contributed by atoms with E-state index in [-0.39, 0.29) is 16.9 Å². The molecule has 1 amide bonds. The zero-order valence-corrected chi connectivity index (χ0v) is 10.1. The maximum Gasteiger partial charge on any atom is 0.221 e. The minimum Gasteiger partial charge on any atom is -0.500 e. The molecule has 1 atom stereocenters. The number of amides is 1. The summed E-state index contributed by atoms with van der Waals surface area (Å²) in [6.45, 7) is 5.61. The van der Waals surface area contributed by atoms with Crippen LogP contribution in [0.1, 0.15) is 33.6 Å². The molecule has 15 heavy (non-hydrogen) atoms. The van der Waals surface area contributed by atoms with Gasteiger partial charge in [0.1, 0.15) is 0 Å². The molecule has 0 aliphatic rings. The van der Waals surface area contributed by atoms with Crippen LogP contribution < -0.4 is 5.32 Å². The molecule has 0 radical (unpaired) electrons. The van der Waals surface area contributed by atoms with E-state index in [0.29, 0.717) is 12.8 Å². The number of carbonyl (C=O) groups excluding carboxylic acids is 1. The number of thiocarbonyl (C=S) groups is 1. The van der Waals surface area contributed by atoms with Crippen molar-refractivity contribution in [1.82, 2.24) is 5.32 Å². The maximum absolute atomic E-state index is 11.3. The standard InChI is InChI=1S/C11H17NO2S/c1-5-9(13)12-11(6-2,10(14)15)7-8(3)4/h2,8H,5,7H2,1,3-4H3,(H,12,13)(H,14,15). The fraction of sp³-hybridized carbons (Fsp3) is 0.636. The van der Waals surface area contributed by atoms with Crippen LogP contribution in [0.5, 0.6) is 0 Å². The third-order valence-corrected chi connectivity index (χ3v) is 2.35. The molecule has 0 aromatic rings. The Morgan fingerprint density at radius 2 is 2.20 bits per heavy atom. The summed E-state index contributed by atoms with van der Waals surface area (Å²) in [7, 11) is 0. The molecule has 0 heterocycles. The Morgan fingerprint density at radius 1 is 1.67 bits per heavy atom. The lowest BCUT2D eigenvalue weighted by Crippen LogP contribution is -2.53. The van der Waals surface area contributed by atoms with Crippen molar-refractivity contribution >= 4 is 23.2 Å². The Bertz CT molecular complexity index is 293. The van der Waals surface area contributed by atoms with Gasteiger partial charge in [-0.05, 0) is 24.6 Å². The predicted molar refractivity (Wildman–Crippen MR) is 64.7 cm³/mol. The summed E-state index contributed by atoms with van der Waals surface area (Å²) >= 11 is 4.71. The third-order valence-electron chi connectivity index (χ3n) is 2.00. The van der Waals surface area contributed by atoms with Crippen LogP contribution >= 0.6 is 12.2 Å². The van der Waals surface area contributed by atoms with Crippen LogP contribution in [0.3, 0.4) is 0 Å². The summed E-state index contributed by atoms with van der Waals surface area (Å²) < 4.78 is 0. The molecule has 0 spiro atoms. The lowest BCUT2D eigenvalue weighted by atomic mass is 9.90. The maximum atomic E-state index is 11.3. The van der Waals surface area contributed by atoms with E-state index in [2.05, 4.69) is 11.2 Å². The van der Waals surface area contributed by atoms with Crippen LogP contribution in [0.25, 0.3) is 0 Å². The molecule has 3 nitrogen and oxygen atoms in total. The highest BCUT2D eigenvalue weighted by molar-refractivity contribution is 7.80. The zero-order valence-electron chi connectivity index (χ0n) is 9.33. The van der Waals surface area contributed by atoms with Gasteiger partial charge in [-0.15, -0.1) is 6.42 Å². The number of nitrogens with one attached hydrogen (secondary N) is 1. The molecule has 4 heteroatoms. The van der Waals surface area contributed by atoms with Gasteiger partial charge in [0.2, 0.25) is 5.91 Å². The summed E-state index contributed by atoms with van der Waals surface area (Å²) in [6, 6.07) is 0. The summed E-state index contributed by atoms with van der Waals surface area (Å²) in [5.41, 5.74) is -1.20. The summed E-state index contributed by atoms with van der Waals surface area (Å²) in [4.78, 5) is 11.3. The first-order chi connectivity index (χ1) is 6.88. The van der Waals surface area contributed by atoms with Gasteiger partial charge in [0.25, 0.3) is 0 Å². The minimum absolute atomic E-state index is 0.218. The van der Waals surface area contributed by atoms with Crippen molar-refractivity contribution in [2.45, 2.75) is 39.2 Å². The monoisotopic (exact) mass is 227 g/mol. The fourth-order valence-electron chi connectivity index (χ4n) is 1.29. The molecule has 0 aliphatic carbocycles. The van der Waals surface area contributed by atoms with Gasteiger partial charge < -0.3 is 10.4 Å². The van der Waals surface area contributed by atoms with Crippen LogP contribution in [0, 0.1) is 18.3 Å². The first-order valence-corrected chi connectivity index (χ1v) is 5.31. The van der Waals surface area contributed by atoms with Crippen LogP contribution in [0.15, 0.2) is 0 Å². The molecular weight excluding hydrogens is 210 g/mol. The molecule has 0 aromatic carbocycles. The summed E-state index contributed by atoms with van der Waals surface area (Å²) in [5, 5.41) is 11.7. The number of hydrogen-bond donors (Lipinski definition) is 2. The van der Waals surface area contributed by atoms with Crippen LogP contribution in [0.2, 0.25) is 0 Å². The highest BCUT2D eigenvalue weighted by Gasteiger charge is 2.35. The van der Waals surface area contributed by atoms with Gasteiger partial charge in [-0.25, -0.2) is 0 Å². The third kappa shape index (κ3) is 3.88. The van der Waals surface area contributed by atoms with Gasteiger partial charge in [-0.2, -0.15) is 0 Å².